The van der Waals surface area contributed by atoms with Gasteiger partial charge in [0.25, 0.3) is 0 Å². The SMILES string of the molecule is O=C(c1cccc(F)c1Br)C1CC1c1ccccc1. The summed E-state index contributed by atoms with van der Waals surface area (Å²) in [5.41, 5.74) is 1.64. The van der Waals surface area contributed by atoms with Gasteiger partial charge in [0.2, 0.25) is 0 Å². The maximum absolute atomic E-state index is 13.4. The summed E-state index contributed by atoms with van der Waals surface area (Å²) < 4.78 is 13.7. The van der Waals surface area contributed by atoms with E-state index in [1.807, 2.05) is 30.3 Å². The number of benzene rings is 2. The minimum absolute atomic E-state index is 0.0134. The van der Waals surface area contributed by atoms with E-state index in [9.17, 15) is 9.18 Å². The van der Waals surface area contributed by atoms with Crippen molar-refractivity contribution in [2.75, 3.05) is 0 Å². The molecule has 0 amide bonds. The third-order valence-electron chi connectivity index (χ3n) is 3.57. The van der Waals surface area contributed by atoms with Crippen LogP contribution in [0.2, 0.25) is 0 Å². The molecule has 1 aliphatic carbocycles. The summed E-state index contributed by atoms with van der Waals surface area (Å²) in [5, 5.41) is 0. The van der Waals surface area contributed by atoms with Gasteiger partial charge in [0.15, 0.2) is 5.78 Å². The zero-order valence-corrected chi connectivity index (χ0v) is 11.7. The maximum atomic E-state index is 13.4. The zero-order chi connectivity index (χ0) is 13.4. The number of hydrogen-bond donors (Lipinski definition) is 0. The van der Waals surface area contributed by atoms with Crippen LogP contribution in [-0.4, -0.2) is 5.78 Å². The van der Waals surface area contributed by atoms with E-state index < -0.39 is 0 Å². The highest BCUT2D eigenvalue weighted by atomic mass is 79.9. The molecule has 0 heterocycles. The molecular weight excluding hydrogens is 307 g/mol. The van der Waals surface area contributed by atoms with Crippen LogP contribution in [0, 0.1) is 11.7 Å². The predicted octanol–water partition coefficient (Wildman–Crippen LogP) is 4.57. The van der Waals surface area contributed by atoms with Crippen LogP contribution in [0.4, 0.5) is 4.39 Å². The smallest absolute Gasteiger partial charge is 0.167 e. The van der Waals surface area contributed by atoms with Crippen molar-refractivity contribution in [3.63, 3.8) is 0 Å². The Balaban J connectivity index is 1.82. The van der Waals surface area contributed by atoms with Gasteiger partial charge in [-0.25, -0.2) is 4.39 Å². The monoisotopic (exact) mass is 318 g/mol. The van der Waals surface area contributed by atoms with Crippen molar-refractivity contribution < 1.29 is 9.18 Å². The van der Waals surface area contributed by atoms with Crippen LogP contribution in [0.1, 0.15) is 28.3 Å². The lowest BCUT2D eigenvalue weighted by atomic mass is 10.0. The number of carbonyl (C=O) groups excluding carboxylic acids is 1. The molecule has 3 rings (SSSR count). The van der Waals surface area contributed by atoms with E-state index in [-0.39, 0.29) is 27.9 Å². The summed E-state index contributed by atoms with van der Waals surface area (Å²) in [7, 11) is 0. The molecule has 2 aromatic carbocycles. The van der Waals surface area contributed by atoms with E-state index in [2.05, 4.69) is 15.9 Å². The molecule has 0 saturated heterocycles. The lowest BCUT2D eigenvalue weighted by Crippen LogP contribution is -2.05. The van der Waals surface area contributed by atoms with Crippen LogP contribution in [0.15, 0.2) is 53.0 Å². The summed E-state index contributed by atoms with van der Waals surface area (Å²) in [5.74, 6) is -0.0904. The van der Waals surface area contributed by atoms with E-state index >= 15 is 0 Å². The molecule has 1 saturated carbocycles. The van der Waals surface area contributed by atoms with E-state index in [0.29, 0.717) is 5.56 Å². The summed E-state index contributed by atoms with van der Waals surface area (Å²) in [6.45, 7) is 0. The molecule has 1 fully saturated rings. The largest absolute Gasteiger partial charge is 0.294 e. The number of ketones is 1. The van der Waals surface area contributed by atoms with Gasteiger partial charge in [0, 0.05) is 11.5 Å². The molecule has 0 spiro atoms. The molecular formula is C16H12BrFO. The zero-order valence-electron chi connectivity index (χ0n) is 10.1. The lowest BCUT2D eigenvalue weighted by molar-refractivity contribution is 0.0964. The first-order valence-corrected chi connectivity index (χ1v) is 7.01. The van der Waals surface area contributed by atoms with Gasteiger partial charge in [-0.15, -0.1) is 0 Å². The van der Waals surface area contributed by atoms with Gasteiger partial charge in [-0.2, -0.15) is 0 Å². The summed E-state index contributed by atoms with van der Waals surface area (Å²) in [6, 6.07) is 14.6. The molecule has 1 nitrogen and oxygen atoms in total. The first kappa shape index (κ1) is 12.5. The standard InChI is InChI=1S/C16H12BrFO/c17-15-11(7-4-8-14(15)18)16(19)13-9-12(13)10-5-2-1-3-6-10/h1-8,12-13H,9H2. The number of rotatable bonds is 3. The van der Waals surface area contributed by atoms with E-state index in [4.69, 9.17) is 0 Å². The molecule has 2 aromatic rings. The molecule has 0 radical (unpaired) electrons. The Hall–Kier alpha value is -1.48. The van der Waals surface area contributed by atoms with E-state index in [0.717, 1.165) is 6.42 Å². The summed E-state index contributed by atoms with van der Waals surface area (Å²) in [6.07, 6.45) is 0.853. The molecule has 1 aliphatic rings. The average molecular weight is 319 g/mol. The Morgan fingerprint density at radius 3 is 2.58 bits per heavy atom. The van der Waals surface area contributed by atoms with Gasteiger partial charge in [0.05, 0.1) is 4.47 Å². The van der Waals surface area contributed by atoms with Crippen LogP contribution in [0.3, 0.4) is 0 Å². The van der Waals surface area contributed by atoms with Gasteiger partial charge in [-0.05, 0) is 39.9 Å². The second kappa shape index (κ2) is 4.89. The van der Waals surface area contributed by atoms with Crippen molar-refractivity contribution in [3.05, 3.63) is 69.9 Å². The quantitative estimate of drug-likeness (QED) is 0.757. The Bertz CT molecular complexity index is 624. The maximum Gasteiger partial charge on any atom is 0.167 e. The van der Waals surface area contributed by atoms with Crippen LogP contribution in [-0.2, 0) is 0 Å². The van der Waals surface area contributed by atoms with Crippen molar-refractivity contribution in [1.82, 2.24) is 0 Å². The summed E-state index contributed by atoms with van der Waals surface area (Å²) >= 11 is 3.16. The van der Waals surface area contributed by atoms with Crippen molar-refractivity contribution >= 4 is 21.7 Å². The van der Waals surface area contributed by atoms with Crippen molar-refractivity contribution in [2.24, 2.45) is 5.92 Å². The normalized spacial score (nSPS) is 21.2. The number of hydrogen-bond acceptors (Lipinski definition) is 1. The predicted molar refractivity (Wildman–Crippen MR) is 75.7 cm³/mol. The fraction of sp³-hybridized carbons (Fsp3) is 0.188. The molecule has 3 heteroatoms. The molecule has 96 valence electrons. The Kier molecular flexibility index (Phi) is 3.23. The second-order valence-electron chi connectivity index (χ2n) is 4.83. The summed E-state index contributed by atoms with van der Waals surface area (Å²) in [4.78, 5) is 12.4. The van der Waals surface area contributed by atoms with Crippen LogP contribution >= 0.6 is 15.9 Å². The van der Waals surface area contributed by atoms with Crippen molar-refractivity contribution in [3.8, 4) is 0 Å². The average Bonchev–Trinajstić information content (AvgIpc) is 3.22. The fourth-order valence-electron chi connectivity index (χ4n) is 2.45. The molecule has 0 aromatic heterocycles. The minimum Gasteiger partial charge on any atom is -0.294 e. The second-order valence-corrected chi connectivity index (χ2v) is 5.62. The molecule has 0 N–H and O–H groups in total. The molecule has 0 bridgehead atoms. The van der Waals surface area contributed by atoms with E-state index in [1.54, 1.807) is 12.1 Å². The first-order valence-electron chi connectivity index (χ1n) is 6.21. The molecule has 2 atom stereocenters. The highest BCUT2D eigenvalue weighted by Gasteiger charge is 2.44. The Morgan fingerprint density at radius 2 is 1.84 bits per heavy atom. The number of Topliss-reactive ketones (excluding diaryl/α,β-unsaturated/α-hetero) is 1. The molecule has 0 aliphatic heterocycles. The van der Waals surface area contributed by atoms with Gasteiger partial charge >= 0.3 is 0 Å². The Labute approximate surface area is 119 Å². The van der Waals surface area contributed by atoms with Crippen LogP contribution < -0.4 is 0 Å². The highest BCUT2D eigenvalue weighted by molar-refractivity contribution is 9.10. The van der Waals surface area contributed by atoms with Crippen molar-refractivity contribution in [1.29, 1.82) is 0 Å². The molecule has 19 heavy (non-hydrogen) atoms. The van der Waals surface area contributed by atoms with Gasteiger partial charge in [-0.3, -0.25) is 4.79 Å². The van der Waals surface area contributed by atoms with Crippen LogP contribution in [0.25, 0.3) is 0 Å². The van der Waals surface area contributed by atoms with Crippen LogP contribution in [0.5, 0.6) is 0 Å². The van der Waals surface area contributed by atoms with Gasteiger partial charge < -0.3 is 0 Å². The van der Waals surface area contributed by atoms with E-state index in [1.165, 1.54) is 11.6 Å². The number of halogens is 2. The third kappa shape index (κ3) is 2.35. The lowest BCUT2D eigenvalue weighted by Gasteiger charge is -2.04. The van der Waals surface area contributed by atoms with Crippen molar-refractivity contribution in [2.45, 2.75) is 12.3 Å². The Morgan fingerprint density at radius 1 is 1.11 bits per heavy atom. The highest BCUT2D eigenvalue weighted by Crippen LogP contribution is 2.49. The topological polar surface area (TPSA) is 17.1 Å². The van der Waals surface area contributed by atoms with Gasteiger partial charge in [0.1, 0.15) is 5.82 Å². The first-order chi connectivity index (χ1) is 9.18. The fourth-order valence-corrected chi connectivity index (χ4v) is 2.91. The number of carbonyl (C=O) groups is 1. The minimum atomic E-state index is -0.386. The third-order valence-corrected chi connectivity index (χ3v) is 4.38. The molecule has 2 unspecified atom stereocenters. The van der Waals surface area contributed by atoms with Gasteiger partial charge in [-0.1, -0.05) is 42.5 Å².